The van der Waals surface area contributed by atoms with E-state index in [-0.39, 0.29) is 5.11 Å². The van der Waals surface area contributed by atoms with E-state index in [1.807, 2.05) is 6.07 Å². The summed E-state index contributed by atoms with van der Waals surface area (Å²) < 4.78 is 0. The summed E-state index contributed by atoms with van der Waals surface area (Å²) >= 11 is 4.64. The monoisotopic (exact) mass is 192 g/mol. The lowest BCUT2D eigenvalue weighted by Gasteiger charge is -2.06. The highest BCUT2D eigenvalue weighted by Crippen LogP contribution is 2.19. The van der Waals surface area contributed by atoms with Gasteiger partial charge in [-0.3, -0.25) is 0 Å². The third-order valence-electron chi connectivity index (χ3n) is 1.44. The predicted molar refractivity (Wildman–Crippen MR) is 56.0 cm³/mol. The van der Waals surface area contributed by atoms with Crippen molar-refractivity contribution in [3.63, 3.8) is 0 Å². The van der Waals surface area contributed by atoms with E-state index >= 15 is 0 Å². The Hall–Kier alpha value is -1.80. The van der Waals surface area contributed by atoms with Crippen molar-refractivity contribution in [2.45, 2.75) is 0 Å². The van der Waals surface area contributed by atoms with Crippen molar-refractivity contribution in [1.82, 2.24) is 0 Å². The second-order valence-electron chi connectivity index (χ2n) is 2.40. The zero-order valence-corrected chi connectivity index (χ0v) is 7.56. The second kappa shape index (κ2) is 3.74. The van der Waals surface area contributed by atoms with Gasteiger partial charge in [0.15, 0.2) is 5.11 Å². The second-order valence-corrected chi connectivity index (χ2v) is 2.84. The van der Waals surface area contributed by atoms with Gasteiger partial charge in [-0.1, -0.05) is 0 Å². The van der Waals surface area contributed by atoms with Crippen molar-refractivity contribution in [3.05, 3.63) is 23.8 Å². The first-order valence-electron chi connectivity index (χ1n) is 3.49. The van der Waals surface area contributed by atoms with Crippen LogP contribution in [0.1, 0.15) is 5.56 Å². The molecule has 0 spiro atoms. The molecule has 0 fully saturated rings. The number of nitrogen functional groups attached to an aromatic ring is 1. The highest BCUT2D eigenvalue weighted by Gasteiger charge is 2.00. The number of hydrogen-bond donors (Lipinski definition) is 3. The Balaban J connectivity index is 3.05. The van der Waals surface area contributed by atoms with Crippen LogP contribution < -0.4 is 16.8 Å². The molecule has 0 atom stereocenters. The molecule has 0 amide bonds. The summed E-state index contributed by atoms with van der Waals surface area (Å²) in [6.07, 6.45) is 0. The van der Waals surface area contributed by atoms with Crippen LogP contribution in [0, 0.1) is 11.3 Å². The highest BCUT2D eigenvalue weighted by atomic mass is 32.1. The zero-order valence-electron chi connectivity index (χ0n) is 6.74. The first-order chi connectivity index (χ1) is 6.13. The fourth-order valence-corrected chi connectivity index (χ4v) is 0.977. The number of nitriles is 1. The Bertz CT molecular complexity index is 380. The molecule has 0 radical (unpaired) electrons. The minimum atomic E-state index is 0.127. The average molecular weight is 192 g/mol. The average Bonchev–Trinajstić information content (AvgIpc) is 2.08. The van der Waals surface area contributed by atoms with Gasteiger partial charge in [0.25, 0.3) is 0 Å². The summed E-state index contributed by atoms with van der Waals surface area (Å²) in [5.41, 5.74) is 12.4. The van der Waals surface area contributed by atoms with Crippen LogP contribution in [0.25, 0.3) is 0 Å². The SMILES string of the molecule is N#Cc1ccc(N)c(NC(N)=S)c1. The van der Waals surface area contributed by atoms with Crippen molar-refractivity contribution >= 4 is 28.7 Å². The number of nitrogens with one attached hydrogen (secondary N) is 1. The molecule has 0 aromatic heterocycles. The molecule has 0 saturated heterocycles. The minimum Gasteiger partial charge on any atom is -0.397 e. The van der Waals surface area contributed by atoms with Crippen LogP contribution in [-0.4, -0.2) is 5.11 Å². The molecule has 66 valence electrons. The molecule has 0 unspecified atom stereocenters. The smallest absolute Gasteiger partial charge is 0.168 e. The van der Waals surface area contributed by atoms with Crippen molar-refractivity contribution in [2.24, 2.45) is 5.73 Å². The summed E-state index contributed by atoms with van der Waals surface area (Å²) in [5, 5.41) is 11.4. The molecule has 1 aromatic carbocycles. The first kappa shape index (κ1) is 9.29. The van der Waals surface area contributed by atoms with Gasteiger partial charge in [0.05, 0.1) is 23.0 Å². The zero-order chi connectivity index (χ0) is 9.84. The Morgan fingerprint density at radius 1 is 1.54 bits per heavy atom. The van der Waals surface area contributed by atoms with E-state index in [1.54, 1.807) is 18.2 Å². The molecule has 0 heterocycles. The summed E-state index contributed by atoms with van der Waals surface area (Å²) in [5.74, 6) is 0. The minimum absolute atomic E-state index is 0.127. The summed E-state index contributed by atoms with van der Waals surface area (Å²) in [4.78, 5) is 0. The van der Waals surface area contributed by atoms with E-state index in [2.05, 4.69) is 17.5 Å². The molecule has 5 heteroatoms. The fraction of sp³-hybridized carbons (Fsp3) is 0. The Kier molecular flexibility index (Phi) is 2.67. The van der Waals surface area contributed by atoms with E-state index in [9.17, 15) is 0 Å². The molecule has 0 bridgehead atoms. The molecule has 0 saturated carbocycles. The van der Waals surface area contributed by atoms with Crippen molar-refractivity contribution < 1.29 is 0 Å². The van der Waals surface area contributed by atoms with Crippen molar-refractivity contribution in [1.29, 1.82) is 5.26 Å². The number of thiocarbonyl (C=S) groups is 1. The lowest BCUT2D eigenvalue weighted by Crippen LogP contribution is -2.19. The number of anilines is 2. The van der Waals surface area contributed by atoms with Crippen LogP contribution in [0.4, 0.5) is 11.4 Å². The fourth-order valence-electron chi connectivity index (χ4n) is 0.867. The number of rotatable bonds is 1. The third kappa shape index (κ3) is 2.32. The Labute approximate surface area is 81.1 Å². The van der Waals surface area contributed by atoms with Gasteiger partial charge in [-0.25, -0.2) is 0 Å². The maximum Gasteiger partial charge on any atom is 0.168 e. The quantitative estimate of drug-likeness (QED) is 0.452. The van der Waals surface area contributed by atoms with E-state index in [0.29, 0.717) is 16.9 Å². The normalized spacial score (nSPS) is 8.85. The van der Waals surface area contributed by atoms with E-state index in [0.717, 1.165) is 0 Å². The molecule has 13 heavy (non-hydrogen) atoms. The number of nitrogens with two attached hydrogens (primary N) is 2. The van der Waals surface area contributed by atoms with Gasteiger partial charge in [-0.2, -0.15) is 5.26 Å². The van der Waals surface area contributed by atoms with Crippen LogP contribution in [0.2, 0.25) is 0 Å². The van der Waals surface area contributed by atoms with E-state index in [4.69, 9.17) is 16.7 Å². The summed E-state index contributed by atoms with van der Waals surface area (Å²) in [7, 11) is 0. The van der Waals surface area contributed by atoms with Gasteiger partial charge >= 0.3 is 0 Å². The van der Waals surface area contributed by atoms with Gasteiger partial charge in [0.1, 0.15) is 0 Å². The standard InChI is InChI=1S/C8H8N4S/c9-4-5-1-2-6(10)7(3-5)12-8(11)13/h1-3H,10H2,(H3,11,12,13). The van der Waals surface area contributed by atoms with E-state index < -0.39 is 0 Å². The van der Waals surface area contributed by atoms with Gasteiger partial charge in [-0.05, 0) is 30.4 Å². The Morgan fingerprint density at radius 2 is 2.23 bits per heavy atom. The van der Waals surface area contributed by atoms with Gasteiger partial charge in [0.2, 0.25) is 0 Å². The van der Waals surface area contributed by atoms with E-state index in [1.165, 1.54) is 0 Å². The largest absolute Gasteiger partial charge is 0.397 e. The molecule has 1 rings (SSSR count). The molecular weight excluding hydrogens is 184 g/mol. The summed E-state index contributed by atoms with van der Waals surface area (Å²) in [6.45, 7) is 0. The van der Waals surface area contributed by atoms with Gasteiger partial charge in [0, 0.05) is 0 Å². The van der Waals surface area contributed by atoms with Crippen molar-refractivity contribution in [2.75, 3.05) is 11.1 Å². The van der Waals surface area contributed by atoms with Gasteiger partial charge < -0.3 is 16.8 Å². The summed E-state index contributed by atoms with van der Waals surface area (Å²) in [6, 6.07) is 6.83. The van der Waals surface area contributed by atoms with Crippen LogP contribution in [0.3, 0.4) is 0 Å². The number of hydrogen-bond acceptors (Lipinski definition) is 3. The molecular formula is C8H8N4S. The molecule has 5 N–H and O–H groups in total. The first-order valence-corrected chi connectivity index (χ1v) is 3.90. The molecule has 0 aliphatic heterocycles. The maximum absolute atomic E-state index is 8.60. The topological polar surface area (TPSA) is 87.9 Å². The van der Waals surface area contributed by atoms with Crippen LogP contribution in [0.15, 0.2) is 18.2 Å². The van der Waals surface area contributed by atoms with Gasteiger partial charge in [-0.15, -0.1) is 0 Å². The predicted octanol–water partition coefficient (Wildman–Crippen LogP) is 0.796. The molecule has 0 aliphatic rings. The lowest BCUT2D eigenvalue weighted by atomic mass is 10.2. The van der Waals surface area contributed by atoms with Crippen LogP contribution >= 0.6 is 12.2 Å². The molecule has 4 nitrogen and oxygen atoms in total. The van der Waals surface area contributed by atoms with Crippen molar-refractivity contribution in [3.8, 4) is 6.07 Å². The molecule has 0 aliphatic carbocycles. The highest BCUT2D eigenvalue weighted by molar-refractivity contribution is 7.80. The maximum atomic E-state index is 8.60. The van der Waals surface area contributed by atoms with Crippen LogP contribution in [0.5, 0.6) is 0 Å². The lowest BCUT2D eigenvalue weighted by molar-refractivity contribution is 1.48. The third-order valence-corrected chi connectivity index (χ3v) is 1.54. The Morgan fingerprint density at radius 3 is 2.77 bits per heavy atom. The molecule has 1 aromatic rings. The number of nitrogens with zero attached hydrogens (tertiary/aromatic N) is 1. The number of benzene rings is 1. The van der Waals surface area contributed by atoms with Crippen LogP contribution in [-0.2, 0) is 0 Å².